The number of pyridine rings is 2. The number of aryl methyl sites for hydroxylation is 2. The molecule has 7 aromatic rings. The van der Waals surface area contributed by atoms with E-state index in [-0.39, 0.29) is 20.1 Å². The predicted octanol–water partition coefficient (Wildman–Crippen LogP) is 11.9. The molecule has 1 radical (unpaired) electrons. The van der Waals surface area contributed by atoms with E-state index < -0.39 is 8.07 Å². The van der Waals surface area contributed by atoms with E-state index in [9.17, 15) is 0 Å². The Labute approximate surface area is 323 Å². The molecule has 0 saturated carbocycles. The molecule has 3 aromatic heterocycles. The fourth-order valence-electron chi connectivity index (χ4n) is 6.68. The summed E-state index contributed by atoms with van der Waals surface area (Å²) < 4.78 is 6.42. The molecule has 3 heterocycles. The summed E-state index contributed by atoms with van der Waals surface area (Å²) in [6.07, 6.45) is 4.00. The van der Waals surface area contributed by atoms with E-state index in [4.69, 9.17) is 14.7 Å². The van der Waals surface area contributed by atoms with Crippen molar-refractivity contribution in [3.63, 3.8) is 0 Å². The Kier molecular flexibility index (Phi) is 11.8. The zero-order valence-corrected chi connectivity index (χ0v) is 34.9. The van der Waals surface area contributed by atoms with Crippen LogP contribution in [0.25, 0.3) is 55.6 Å². The van der Waals surface area contributed by atoms with Gasteiger partial charge in [-0.05, 0) is 87.8 Å². The molecule has 0 atom stereocenters. The van der Waals surface area contributed by atoms with Crippen LogP contribution in [0.15, 0.2) is 102 Å². The van der Waals surface area contributed by atoms with Crippen LogP contribution in [0.5, 0.6) is 0 Å². The van der Waals surface area contributed by atoms with Gasteiger partial charge in [0.25, 0.3) is 0 Å². The summed E-state index contributed by atoms with van der Waals surface area (Å²) in [5, 5.41) is 12.5. The van der Waals surface area contributed by atoms with Crippen molar-refractivity contribution in [2.45, 2.75) is 73.0 Å². The summed E-state index contributed by atoms with van der Waals surface area (Å²) in [6.45, 7) is 20.2. The van der Waals surface area contributed by atoms with Crippen LogP contribution in [0, 0.1) is 37.3 Å². The van der Waals surface area contributed by atoms with Crippen LogP contribution >= 0.6 is 0 Å². The van der Waals surface area contributed by atoms with Crippen LogP contribution < -0.4 is 5.19 Å². The number of fused-ring (bicyclic) bond motifs is 3. The van der Waals surface area contributed by atoms with Gasteiger partial charge in [0.2, 0.25) is 0 Å². The second-order valence-electron chi connectivity index (χ2n) is 15.0. The molecule has 0 N–H and O–H groups in total. The fraction of sp³-hybridized carbons (Fsp3) is 0.239. The molecule has 265 valence electrons. The van der Waals surface area contributed by atoms with Gasteiger partial charge in [-0.1, -0.05) is 106 Å². The minimum atomic E-state index is -1.40. The maximum absolute atomic E-state index is 8.86. The van der Waals surface area contributed by atoms with E-state index in [2.05, 4.69) is 139 Å². The SMILES string of the molecule is CC(C)c1cc(-c2[c-]cc(C#N)cc2)ncc1[Si](C)(C)C.Cc1cnc(-c2[c-]ccc3c2oc2c(C)cc(-c4ccccc4)cc23)cc1C(C)C.[Ir]. The quantitative estimate of drug-likeness (QED) is 0.123. The average molecular weight is 876 g/mol. The van der Waals surface area contributed by atoms with Gasteiger partial charge >= 0.3 is 0 Å². The molecule has 0 aliphatic carbocycles. The minimum Gasteiger partial charge on any atom is -0.500 e. The third-order valence-electron chi connectivity index (χ3n) is 9.43. The van der Waals surface area contributed by atoms with E-state index in [0.717, 1.165) is 50.0 Å². The van der Waals surface area contributed by atoms with Gasteiger partial charge in [-0.15, -0.1) is 48.0 Å². The Balaban J connectivity index is 0.000000210. The predicted molar refractivity (Wildman–Crippen MR) is 215 cm³/mol. The van der Waals surface area contributed by atoms with Crippen molar-refractivity contribution < 1.29 is 24.5 Å². The molecule has 52 heavy (non-hydrogen) atoms. The number of rotatable bonds is 6. The van der Waals surface area contributed by atoms with Gasteiger partial charge in [0, 0.05) is 44.0 Å². The molecule has 0 fully saturated rings. The van der Waals surface area contributed by atoms with Crippen LogP contribution in [0.2, 0.25) is 19.6 Å². The first-order valence-electron chi connectivity index (χ1n) is 17.7. The van der Waals surface area contributed by atoms with Crippen molar-refractivity contribution in [3.8, 4) is 39.7 Å². The van der Waals surface area contributed by atoms with Crippen molar-refractivity contribution in [2.24, 2.45) is 0 Å². The maximum atomic E-state index is 8.86. The van der Waals surface area contributed by atoms with Crippen LogP contribution in [0.3, 0.4) is 0 Å². The Morgan fingerprint density at radius 2 is 1.40 bits per heavy atom. The van der Waals surface area contributed by atoms with Gasteiger partial charge in [0.05, 0.1) is 13.7 Å². The summed E-state index contributed by atoms with van der Waals surface area (Å²) in [7, 11) is -1.40. The van der Waals surface area contributed by atoms with E-state index in [0.29, 0.717) is 17.4 Å². The standard InChI is InChI=1S/C28H24NO.C18H21N2Si.Ir/c1-17(2)24-15-26(29-16-19(24)4)23-12-8-11-22-25-14-21(20-9-6-5-7-10-20)13-18(3)27(25)30-28(22)23;1-13(2)16-10-17(20-12-18(16)21(3,4)5)15-8-6-14(11-19)7-9-15;/h5-11,13-17H,1-4H3;6-8,10,12-13H,1-5H3;/q2*-1;. The van der Waals surface area contributed by atoms with Gasteiger partial charge < -0.3 is 14.4 Å². The van der Waals surface area contributed by atoms with Gasteiger partial charge in [-0.3, -0.25) is 0 Å². The molecular formula is C46H45IrN3OSi-2. The molecule has 4 aromatic carbocycles. The van der Waals surface area contributed by atoms with Crippen LogP contribution in [0.1, 0.15) is 67.3 Å². The summed E-state index contributed by atoms with van der Waals surface area (Å²) >= 11 is 0. The normalized spacial score (nSPS) is 11.3. The molecule has 0 saturated heterocycles. The van der Waals surface area contributed by atoms with Crippen molar-refractivity contribution in [2.75, 3.05) is 0 Å². The zero-order chi connectivity index (χ0) is 36.4. The fourth-order valence-corrected chi connectivity index (χ4v) is 8.35. The van der Waals surface area contributed by atoms with E-state index in [1.807, 2.05) is 36.7 Å². The van der Waals surface area contributed by atoms with Crippen molar-refractivity contribution in [3.05, 3.63) is 137 Å². The van der Waals surface area contributed by atoms with Crippen LogP contribution in [-0.2, 0) is 20.1 Å². The minimum absolute atomic E-state index is 0. The van der Waals surface area contributed by atoms with Gasteiger partial charge in [0.1, 0.15) is 5.58 Å². The van der Waals surface area contributed by atoms with E-state index >= 15 is 0 Å². The first kappa shape index (κ1) is 38.6. The Morgan fingerprint density at radius 1 is 0.712 bits per heavy atom. The summed E-state index contributed by atoms with van der Waals surface area (Å²) in [6, 6.07) is 37.5. The molecule has 7 rings (SSSR count). The summed E-state index contributed by atoms with van der Waals surface area (Å²) in [5.41, 5.74) is 13.6. The number of aromatic nitrogens is 2. The number of hydrogen-bond acceptors (Lipinski definition) is 4. The molecular weight excluding hydrogens is 831 g/mol. The monoisotopic (exact) mass is 876 g/mol. The number of benzene rings is 4. The van der Waals surface area contributed by atoms with E-state index in [1.54, 1.807) is 6.07 Å². The number of furan rings is 1. The maximum Gasteiger partial charge on any atom is 0.123 e. The zero-order valence-electron chi connectivity index (χ0n) is 31.5. The van der Waals surface area contributed by atoms with Gasteiger partial charge in [-0.2, -0.15) is 0 Å². The van der Waals surface area contributed by atoms with Gasteiger partial charge in [0.15, 0.2) is 0 Å². The molecule has 0 aliphatic heterocycles. The summed E-state index contributed by atoms with van der Waals surface area (Å²) in [4.78, 5) is 9.34. The van der Waals surface area contributed by atoms with E-state index in [1.165, 1.54) is 33.0 Å². The topological polar surface area (TPSA) is 62.7 Å². The number of nitriles is 1. The van der Waals surface area contributed by atoms with Crippen molar-refractivity contribution in [1.82, 2.24) is 9.97 Å². The third-order valence-corrected chi connectivity index (χ3v) is 11.5. The molecule has 0 bridgehead atoms. The Morgan fingerprint density at radius 3 is 2.04 bits per heavy atom. The Bertz CT molecular complexity index is 2380. The second-order valence-corrected chi connectivity index (χ2v) is 20.0. The first-order valence-corrected chi connectivity index (χ1v) is 21.2. The number of hydrogen-bond donors (Lipinski definition) is 0. The summed E-state index contributed by atoms with van der Waals surface area (Å²) in [5.74, 6) is 0.921. The molecule has 0 aliphatic rings. The largest absolute Gasteiger partial charge is 0.500 e. The van der Waals surface area contributed by atoms with Crippen molar-refractivity contribution >= 4 is 35.2 Å². The second kappa shape index (κ2) is 15.9. The molecule has 0 amide bonds. The Hall–Kier alpha value is -4.66. The smallest absolute Gasteiger partial charge is 0.123 e. The average Bonchev–Trinajstić information content (AvgIpc) is 3.51. The van der Waals surface area contributed by atoms with Gasteiger partial charge in [-0.25, -0.2) is 5.26 Å². The molecule has 0 spiro atoms. The number of nitrogens with zero attached hydrogens (tertiary/aromatic N) is 3. The molecule has 0 unspecified atom stereocenters. The third kappa shape index (κ3) is 8.03. The first-order chi connectivity index (χ1) is 24.3. The van der Waals surface area contributed by atoms with Crippen LogP contribution in [-0.4, -0.2) is 18.0 Å². The van der Waals surface area contributed by atoms with Crippen molar-refractivity contribution in [1.29, 1.82) is 5.26 Å². The van der Waals surface area contributed by atoms with Crippen LogP contribution in [0.4, 0.5) is 0 Å². The molecule has 4 nitrogen and oxygen atoms in total. The molecule has 6 heteroatoms.